The molecule has 3 rings (SSSR count). The molecule has 1 aliphatic heterocycles. The lowest BCUT2D eigenvalue weighted by Gasteiger charge is -2.39. The molecule has 1 fully saturated rings. The zero-order chi connectivity index (χ0) is 14.2. The van der Waals surface area contributed by atoms with Gasteiger partial charge in [-0.3, -0.25) is 4.79 Å². The quantitative estimate of drug-likeness (QED) is 0.843. The van der Waals surface area contributed by atoms with E-state index >= 15 is 0 Å². The van der Waals surface area contributed by atoms with E-state index in [1.54, 1.807) is 0 Å². The highest BCUT2D eigenvalue weighted by Crippen LogP contribution is 2.46. The Bertz CT molecular complexity index is 531. The van der Waals surface area contributed by atoms with Crippen molar-refractivity contribution in [3.05, 3.63) is 33.8 Å². The first-order chi connectivity index (χ1) is 9.67. The lowest BCUT2D eigenvalue weighted by molar-refractivity contribution is -0.149. The van der Waals surface area contributed by atoms with Gasteiger partial charge >= 0.3 is 5.97 Å². The van der Waals surface area contributed by atoms with Crippen molar-refractivity contribution in [2.75, 3.05) is 19.7 Å². The zero-order valence-corrected chi connectivity index (χ0v) is 13.3. The molecule has 2 aliphatic rings. The molecule has 3 nitrogen and oxygen atoms in total. The predicted octanol–water partition coefficient (Wildman–Crippen LogP) is 2.81. The summed E-state index contributed by atoms with van der Waals surface area (Å²) in [6.07, 6.45) is 3.31. The number of halogens is 1. The number of nitrogens with one attached hydrogen (secondary N) is 1. The van der Waals surface area contributed by atoms with Crippen LogP contribution in [0, 0.1) is 5.92 Å². The Morgan fingerprint density at radius 3 is 3.20 bits per heavy atom. The Labute approximate surface area is 128 Å². The second-order valence-electron chi connectivity index (χ2n) is 5.75. The third-order valence-electron chi connectivity index (χ3n) is 4.70. The zero-order valence-electron chi connectivity index (χ0n) is 11.7. The number of rotatable bonds is 2. The first-order valence-electron chi connectivity index (χ1n) is 7.33. The molecule has 1 heterocycles. The second kappa shape index (κ2) is 5.49. The highest BCUT2D eigenvalue weighted by atomic mass is 79.9. The van der Waals surface area contributed by atoms with Crippen LogP contribution in [0.2, 0.25) is 0 Å². The monoisotopic (exact) mass is 337 g/mol. The van der Waals surface area contributed by atoms with Gasteiger partial charge in [0, 0.05) is 23.0 Å². The number of carbonyl (C=O) groups excluding carboxylic acids is 1. The van der Waals surface area contributed by atoms with Crippen LogP contribution < -0.4 is 5.32 Å². The van der Waals surface area contributed by atoms with Crippen LogP contribution in [-0.2, 0) is 21.4 Å². The van der Waals surface area contributed by atoms with Crippen molar-refractivity contribution in [2.24, 2.45) is 5.92 Å². The number of hydrogen-bond acceptors (Lipinski definition) is 3. The molecule has 2 atom stereocenters. The SMILES string of the molecule is CCOC(=O)C1CNCC12CCCc1cc(Br)ccc12. The maximum Gasteiger partial charge on any atom is 0.311 e. The van der Waals surface area contributed by atoms with Crippen molar-refractivity contribution in [2.45, 2.75) is 31.6 Å². The summed E-state index contributed by atoms with van der Waals surface area (Å²) >= 11 is 3.55. The third kappa shape index (κ3) is 2.19. The fourth-order valence-electron chi connectivity index (χ4n) is 3.84. The molecule has 0 radical (unpaired) electrons. The molecule has 1 saturated heterocycles. The summed E-state index contributed by atoms with van der Waals surface area (Å²) in [4.78, 5) is 12.3. The maximum absolute atomic E-state index is 12.3. The van der Waals surface area contributed by atoms with Crippen molar-refractivity contribution >= 4 is 21.9 Å². The summed E-state index contributed by atoms with van der Waals surface area (Å²) in [6, 6.07) is 6.49. The molecule has 1 spiro atoms. The molecule has 4 heteroatoms. The van der Waals surface area contributed by atoms with Gasteiger partial charge in [0.1, 0.15) is 0 Å². The molecule has 0 bridgehead atoms. The Balaban J connectivity index is 2.02. The van der Waals surface area contributed by atoms with Gasteiger partial charge in [0.2, 0.25) is 0 Å². The minimum atomic E-state index is -0.0689. The molecule has 0 amide bonds. The molecule has 0 saturated carbocycles. The molecule has 1 N–H and O–H groups in total. The number of carbonyl (C=O) groups is 1. The molecule has 2 unspecified atom stereocenters. The summed E-state index contributed by atoms with van der Waals surface area (Å²) in [7, 11) is 0. The normalized spacial score (nSPS) is 28.4. The number of fused-ring (bicyclic) bond motifs is 2. The number of hydrogen-bond donors (Lipinski definition) is 1. The predicted molar refractivity (Wildman–Crippen MR) is 81.8 cm³/mol. The van der Waals surface area contributed by atoms with E-state index in [0.717, 1.165) is 36.8 Å². The van der Waals surface area contributed by atoms with Crippen molar-refractivity contribution in [1.82, 2.24) is 5.32 Å². The fraction of sp³-hybridized carbons (Fsp3) is 0.562. The standard InChI is InChI=1S/C16H20BrNO2/c1-2-20-15(19)14-9-18-10-16(14)7-3-4-11-8-12(17)5-6-13(11)16/h5-6,8,14,18H,2-4,7,9-10H2,1H3. The summed E-state index contributed by atoms with van der Waals surface area (Å²) in [5.74, 6) is -0.101. The number of aryl methyl sites for hydroxylation is 1. The van der Waals surface area contributed by atoms with Crippen LogP contribution in [0.15, 0.2) is 22.7 Å². The van der Waals surface area contributed by atoms with E-state index in [0.29, 0.717) is 6.61 Å². The van der Waals surface area contributed by atoms with Crippen LogP contribution in [-0.4, -0.2) is 25.7 Å². The van der Waals surface area contributed by atoms with Crippen molar-refractivity contribution in [3.8, 4) is 0 Å². The lowest BCUT2D eigenvalue weighted by Crippen LogP contribution is -2.42. The summed E-state index contributed by atoms with van der Waals surface area (Å²) in [5, 5.41) is 3.42. The van der Waals surface area contributed by atoms with Crippen LogP contribution >= 0.6 is 15.9 Å². The molecule has 20 heavy (non-hydrogen) atoms. The second-order valence-corrected chi connectivity index (χ2v) is 6.66. The maximum atomic E-state index is 12.3. The Hall–Kier alpha value is -0.870. The van der Waals surface area contributed by atoms with Crippen LogP contribution in [0.25, 0.3) is 0 Å². The van der Waals surface area contributed by atoms with Crippen LogP contribution in [0.4, 0.5) is 0 Å². The van der Waals surface area contributed by atoms with Gasteiger partial charge in [-0.2, -0.15) is 0 Å². The van der Waals surface area contributed by atoms with E-state index in [-0.39, 0.29) is 17.3 Å². The van der Waals surface area contributed by atoms with Crippen LogP contribution in [0.3, 0.4) is 0 Å². The van der Waals surface area contributed by atoms with Gasteiger partial charge in [-0.25, -0.2) is 0 Å². The molecule has 1 aromatic carbocycles. The van der Waals surface area contributed by atoms with E-state index in [4.69, 9.17) is 4.74 Å². The molecule has 0 aromatic heterocycles. The van der Waals surface area contributed by atoms with E-state index in [1.165, 1.54) is 11.1 Å². The molecule has 1 aromatic rings. The fourth-order valence-corrected chi connectivity index (χ4v) is 4.25. The van der Waals surface area contributed by atoms with Gasteiger partial charge in [0.05, 0.1) is 12.5 Å². The highest BCUT2D eigenvalue weighted by molar-refractivity contribution is 9.10. The third-order valence-corrected chi connectivity index (χ3v) is 5.19. The average Bonchev–Trinajstić information content (AvgIpc) is 2.83. The minimum absolute atomic E-state index is 0.0479. The van der Waals surface area contributed by atoms with Crippen molar-refractivity contribution < 1.29 is 9.53 Å². The summed E-state index contributed by atoms with van der Waals surface area (Å²) in [6.45, 7) is 3.94. The van der Waals surface area contributed by atoms with Gasteiger partial charge < -0.3 is 10.1 Å². The van der Waals surface area contributed by atoms with Crippen LogP contribution in [0.1, 0.15) is 30.9 Å². The van der Waals surface area contributed by atoms with E-state index in [9.17, 15) is 4.79 Å². The molecule has 108 valence electrons. The summed E-state index contributed by atoms with van der Waals surface area (Å²) in [5.41, 5.74) is 2.65. The Morgan fingerprint density at radius 2 is 2.40 bits per heavy atom. The largest absolute Gasteiger partial charge is 0.466 e. The smallest absolute Gasteiger partial charge is 0.311 e. The van der Waals surface area contributed by atoms with E-state index < -0.39 is 0 Å². The van der Waals surface area contributed by atoms with Gasteiger partial charge in [-0.15, -0.1) is 0 Å². The van der Waals surface area contributed by atoms with Gasteiger partial charge in [-0.1, -0.05) is 22.0 Å². The van der Waals surface area contributed by atoms with Gasteiger partial charge in [0.25, 0.3) is 0 Å². The first kappa shape index (κ1) is 14.1. The first-order valence-corrected chi connectivity index (χ1v) is 8.13. The van der Waals surface area contributed by atoms with Gasteiger partial charge in [-0.05, 0) is 49.4 Å². The number of benzene rings is 1. The number of esters is 1. The minimum Gasteiger partial charge on any atom is -0.466 e. The lowest BCUT2D eigenvalue weighted by atomic mass is 9.64. The molecular weight excluding hydrogens is 318 g/mol. The average molecular weight is 338 g/mol. The summed E-state index contributed by atoms with van der Waals surface area (Å²) < 4.78 is 6.42. The van der Waals surface area contributed by atoms with Gasteiger partial charge in [0.15, 0.2) is 0 Å². The number of ether oxygens (including phenoxy) is 1. The molecule has 1 aliphatic carbocycles. The topological polar surface area (TPSA) is 38.3 Å². The van der Waals surface area contributed by atoms with E-state index in [1.807, 2.05) is 6.92 Å². The molecular formula is C16H20BrNO2. The highest BCUT2D eigenvalue weighted by Gasteiger charge is 2.50. The Kier molecular flexibility index (Phi) is 3.87. The van der Waals surface area contributed by atoms with E-state index in [2.05, 4.69) is 39.4 Å². The Morgan fingerprint density at radius 1 is 1.55 bits per heavy atom. The van der Waals surface area contributed by atoms with Crippen molar-refractivity contribution in [1.29, 1.82) is 0 Å². The van der Waals surface area contributed by atoms with Crippen molar-refractivity contribution in [3.63, 3.8) is 0 Å². The van der Waals surface area contributed by atoms with Crippen LogP contribution in [0.5, 0.6) is 0 Å².